The van der Waals surface area contributed by atoms with Gasteiger partial charge in [0.2, 0.25) is 0 Å². The summed E-state index contributed by atoms with van der Waals surface area (Å²) in [5.74, 6) is -0.691. The van der Waals surface area contributed by atoms with Crippen molar-refractivity contribution in [3.05, 3.63) is 28.8 Å². The van der Waals surface area contributed by atoms with Gasteiger partial charge in [-0.3, -0.25) is 4.79 Å². The Balaban J connectivity index is 2.09. The van der Waals surface area contributed by atoms with Crippen LogP contribution < -0.4 is 0 Å². The van der Waals surface area contributed by atoms with E-state index < -0.39 is 11.4 Å². The second kappa shape index (κ2) is 4.29. The molecule has 4 heteroatoms. The fourth-order valence-electron chi connectivity index (χ4n) is 2.70. The SMILES string of the molecule is CC(C)(C)c1nc2ccc(C3(C(=O)O)CCC3)cc2s1. The number of hydrogen-bond donors (Lipinski definition) is 1. The van der Waals surface area contributed by atoms with Crippen LogP contribution in [0.3, 0.4) is 0 Å². The second-order valence-electron chi connectivity index (χ2n) is 6.69. The summed E-state index contributed by atoms with van der Waals surface area (Å²) in [5.41, 5.74) is 1.29. The fraction of sp³-hybridized carbons (Fsp3) is 0.500. The number of aromatic nitrogens is 1. The molecule has 1 N–H and O–H groups in total. The Morgan fingerprint density at radius 2 is 2.05 bits per heavy atom. The number of carboxylic acid groups (broad SMARTS) is 1. The molecule has 1 fully saturated rings. The van der Waals surface area contributed by atoms with Crippen LogP contribution in [0.2, 0.25) is 0 Å². The highest BCUT2D eigenvalue weighted by atomic mass is 32.1. The topological polar surface area (TPSA) is 50.2 Å². The minimum absolute atomic E-state index is 0.0325. The summed E-state index contributed by atoms with van der Waals surface area (Å²) in [6, 6.07) is 5.96. The largest absolute Gasteiger partial charge is 0.481 e. The van der Waals surface area contributed by atoms with Gasteiger partial charge in [0, 0.05) is 5.41 Å². The molecule has 3 nitrogen and oxygen atoms in total. The van der Waals surface area contributed by atoms with Crippen LogP contribution in [0.15, 0.2) is 18.2 Å². The predicted octanol–water partition coefficient (Wildman–Crippen LogP) is 4.10. The summed E-state index contributed by atoms with van der Waals surface area (Å²) in [6.45, 7) is 6.45. The normalized spacial score (nSPS) is 17.9. The highest BCUT2D eigenvalue weighted by Gasteiger charge is 2.46. The lowest BCUT2D eigenvalue weighted by atomic mass is 9.64. The number of benzene rings is 1. The van der Waals surface area contributed by atoms with Crippen LogP contribution in [-0.2, 0) is 15.6 Å². The zero-order valence-electron chi connectivity index (χ0n) is 12.1. The summed E-state index contributed by atoms with van der Waals surface area (Å²) in [6.07, 6.45) is 2.50. The van der Waals surface area contributed by atoms with Crippen molar-refractivity contribution in [1.29, 1.82) is 0 Å². The molecule has 2 aromatic rings. The van der Waals surface area contributed by atoms with E-state index in [0.29, 0.717) is 0 Å². The Kier molecular flexibility index (Phi) is 2.91. The first kappa shape index (κ1) is 13.6. The van der Waals surface area contributed by atoms with Crippen LogP contribution in [0.1, 0.15) is 50.6 Å². The number of carbonyl (C=O) groups is 1. The van der Waals surface area contributed by atoms with Crippen LogP contribution in [0, 0.1) is 0 Å². The van der Waals surface area contributed by atoms with Crippen molar-refractivity contribution in [1.82, 2.24) is 4.98 Å². The number of nitrogens with zero attached hydrogens (tertiary/aromatic N) is 1. The molecule has 0 radical (unpaired) electrons. The molecular formula is C16H19NO2S. The van der Waals surface area contributed by atoms with E-state index in [1.165, 1.54) is 0 Å². The van der Waals surface area contributed by atoms with E-state index >= 15 is 0 Å². The number of thiazole rings is 1. The van der Waals surface area contributed by atoms with Gasteiger partial charge < -0.3 is 5.11 Å². The monoisotopic (exact) mass is 289 g/mol. The van der Waals surface area contributed by atoms with Crippen LogP contribution >= 0.6 is 11.3 Å². The lowest BCUT2D eigenvalue weighted by molar-refractivity contribution is -0.147. The minimum atomic E-state index is -0.691. The van der Waals surface area contributed by atoms with Crippen molar-refractivity contribution < 1.29 is 9.90 Å². The molecule has 0 spiro atoms. The molecule has 1 aromatic heterocycles. The molecule has 3 rings (SSSR count). The predicted molar refractivity (Wildman–Crippen MR) is 81.5 cm³/mol. The van der Waals surface area contributed by atoms with Gasteiger partial charge in [-0.15, -0.1) is 11.3 Å². The molecule has 0 unspecified atom stereocenters. The maximum Gasteiger partial charge on any atom is 0.314 e. The van der Waals surface area contributed by atoms with Gasteiger partial charge >= 0.3 is 5.97 Å². The number of fused-ring (bicyclic) bond motifs is 1. The molecule has 0 atom stereocenters. The number of aliphatic carboxylic acids is 1. The molecule has 0 saturated heterocycles. The molecule has 0 aliphatic heterocycles. The maximum absolute atomic E-state index is 11.6. The molecule has 106 valence electrons. The Labute approximate surface area is 122 Å². The lowest BCUT2D eigenvalue weighted by Gasteiger charge is -2.38. The zero-order valence-corrected chi connectivity index (χ0v) is 12.9. The van der Waals surface area contributed by atoms with E-state index in [1.54, 1.807) is 11.3 Å². The average Bonchev–Trinajstić information content (AvgIpc) is 2.69. The van der Waals surface area contributed by atoms with Gasteiger partial charge in [-0.2, -0.15) is 0 Å². The molecule has 1 aliphatic carbocycles. The van der Waals surface area contributed by atoms with Gasteiger partial charge in [-0.05, 0) is 30.5 Å². The molecule has 1 aromatic carbocycles. The first-order valence-electron chi connectivity index (χ1n) is 6.98. The van der Waals surface area contributed by atoms with Gasteiger partial charge in [-0.1, -0.05) is 33.3 Å². The van der Waals surface area contributed by atoms with Crippen LogP contribution in [-0.4, -0.2) is 16.1 Å². The highest BCUT2D eigenvalue weighted by molar-refractivity contribution is 7.18. The molecule has 1 saturated carbocycles. The van der Waals surface area contributed by atoms with E-state index in [4.69, 9.17) is 0 Å². The van der Waals surface area contributed by atoms with Crippen LogP contribution in [0.5, 0.6) is 0 Å². The summed E-state index contributed by atoms with van der Waals surface area (Å²) < 4.78 is 1.10. The van der Waals surface area contributed by atoms with Crippen LogP contribution in [0.25, 0.3) is 10.2 Å². The van der Waals surface area contributed by atoms with Gasteiger partial charge in [0.25, 0.3) is 0 Å². The first-order valence-corrected chi connectivity index (χ1v) is 7.79. The van der Waals surface area contributed by atoms with Crippen molar-refractivity contribution in [3.63, 3.8) is 0 Å². The molecular weight excluding hydrogens is 270 g/mol. The first-order chi connectivity index (χ1) is 9.33. The minimum Gasteiger partial charge on any atom is -0.481 e. The third-order valence-corrected chi connectivity index (χ3v) is 5.64. The summed E-state index contributed by atoms with van der Waals surface area (Å²) in [5, 5.41) is 10.6. The summed E-state index contributed by atoms with van der Waals surface area (Å²) in [4.78, 5) is 16.3. The summed E-state index contributed by atoms with van der Waals surface area (Å²) in [7, 11) is 0. The molecule has 20 heavy (non-hydrogen) atoms. The van der Waals surface area contributed by atoms with E-state index in [2.05, 4.69) is 25.8 Å². The van der Waals surface area contributed by atoms with Crippen molar-refractivity contribution in [2.45, 2.75) is 50.9 Å². The lowest BCUT2D eigenvalue weighted by Crippen LogP contribution is -2.42. The Hall–Kier alpha value is -1.42. The molecule has 0 bridgehead atoms. The van der Waals surface area contributed by atoms with Gasteiger partial charge in [-0.25, -0.2) is 4.98 Å². The Morgan fingerprint density at radius 1 is 1.35 bits per heavy atom. The van der Waals surface area contributed by atoms with E-state index in [0.717, 1.165) is 40.1 Å². The van der Waals surface area contributed by atoms with Gasteiger partial charge in [0.05, 0.1) is 20.6 Å². The van der Waals surface area contributed by atoms with Crippen molar-refractivity contribution >= 4 is 27.5 Å². The van der Waals surface area contributed by atoms with Crippen LogP contribution in [0.4, 0.5) is 0 Å². The number of carboxylic acids is 1. The standard InChI is InChI=1S/C16H19NO2S/c1-15(2,3)13-17-11-6-5-10(9-12(11)20-13)16(14(18)19)7-4-8-16/h5-6,9H,4,7-8H2,1-3H3,(H,18,19). The second-order valence-corrected chi connectivity index (χ2v) is 7.72. The maximum atomic E-state index is 11.6. The van der Waals surface area contributed by atoms with E-state index in [1.807, 2.05) is 18.2 Å². The third-order valence-electron chi connectivity index (χ3n) is 4.20. The Morgan fingerprint density at radius 3 is 2.55 bits per heavy atom. The third kappa shape index (κ3) is 1.94. The van der Waals surface area contributed by atoms with Crippen molar-refractivity contribution in [2.75, 3.05) is 0 Å². The number of hydrogen-bond acceptors (Lipinski definition) is 3. The Bertz CT molecular complexity index is 677. The zero-order chi connectivity index (χ0) is 14.5. The fourth-order valence-corrected chi connectivity index (χ4v) is 3.76. The van der Waals surface area contributed by atoms with Gasteiger partial charge in [0.1, 0.15) is 0 Å². The van der Waals surface area contributed by atoms with Crippen molar-refractivity contribution in [2.24, 2.45) is 0 Å². The van der Waals surface area contributed by atoms with E-state index in [-0.39, 0.29) is 5.41 Å². The quantitative estimate of drug-likeness (QED) is 0.905. The summed E-state index contributed by atoms with van der Waals surface area (Å²) >= 11 is 1.68. The molecule has 0 amide bonds. The molecule has 1 heterocycles. The molecule has 1 aliphatic rings. The van der Waals surface area contributed by atoms with Crippen molar-refractivity contribution in [3.8, 4) is 0 Å². The smallest absolute Gasteiger partial charge is 0.314 e. The van der Waals surface area contributed by atoms with E-state index in [9.17, 15) is 9.90 Å². The highest BCUT2D eigenvalue weighted by Crippen LogP contribution is 2.45. The average molecular weight is 289 g/mol. The number of rotatable bonds is 2. The van der Waals surface area contributed by atoms with Gasteiger partial charge in [0.15, 0.2) is 0 Å².